The van der Waals surface area contributed by atoms with Crippen LogP contribution in [0, 0.1) is 18.7 Å². The van der Waals surface area contributed by atoms with E-state index >= 15 is 0 Å². The number of carbonyl (C=O) groups is 1. The van der Waals surface area contributed by atoms with Crippen molar-refractivity contribution >= 4 is 17.5 Å². The van der Waals surface area contributed by atoms with Crippen LogP contribution >= 0.6 is 11.6 Å². The number of nitrogens with zero attached hydrogens (tertiary/aromatic N) is 3. The van der Waals surface area contributed by atoms with Gasteiger partial charge in [-0.05, 0) is 74.2 Å². The van der Waals surface area contributed by atoms with Crippen molar-refractivity contribution in [1.82, 2.24) is 14.7 Å². The maximum absolute atomic E-state index is 13.9. The molecule has 1 amide bonds. The number of carbonyl (C=O) groups excluding carboxylic acids is 1. The van der Waals surface area contributed by atoms with Crippen molar-refractivity contribution in [2.75, 3.05) is 6.54 Å². The second-order valence-corrected chi connectivity index (χ2v) is 9.25. The van der Waals surface area contributed by atoms with E-state index in [1.807, 2.05) is 55.5 Å². The fraction of sp³-hybridized carbons (Fsp3) is 0.214. The van der Waals surface area contributed by atoms with Crippen molar-refractivity contribution in [2.24, 2.45) is 5.92 Å². The molecule has 35 heavy (non-hydrogen) atoms. The summed E-state index contributed by atoms with van der Waals surface area (Å²) in [4.78, 5) is 15.2. The molecule has 0 unspecified atom stereocenters. The van der Waals surface area contributed by atoms with Crippen molar-refractivity contribution in [3.8, 4) is 17.3 Å². The van der Waals surface area contributed by atoms with E-state index in [2.05, 4.69) is 0 Å². The van der Waals surface area contributed by atoms with Gasteiger partial charge in [0, 0.05) is 17.1 Å². The Morgan fingerprint density at radius 3 is 2.57 bits per heavy atom. The molecule has 1 heterocycles. The van der Waals surface area contributed by atoms with Crippen molar-refractivity contribution in [1.29, 1.82) is 0 Å². The second kappa shape index (κ2) is 9.92. The number of amides is 1. The monoisotopic (exact) mass is 489 g/mol. The number of ether oxygens (including phenoxy) is 1. The molecule has 0 aliphatic heterocycles. The number of halogens is 2. The van der Waals surface area contributed by atoms with E-state index in [9.17, 15) is 9.18 Å². The Morgan fingerprint density at radius 2 is 1.86 bits per heavy atom. The van der Waals surface area contributed by atoms with Gasteiger partial charge >= 0.3 is 0 Å². The Bertz CT molecular complexity index is 1350. The van der Waals surface area contributed by atoms with Crippen LogP contribution < -0.4 is 4.74 Å². The largest absolute Gasteiger partial charge is 0.439 e. The van der Waals surface area contributed by atoms with Crippen LogP contribution in [0.4, 0.5) is 4.39 Å². The van der Waals surface area contributed by atoms with Crippen LogP contribution in [-0.2, 0) is 6.54 Å². The zero-order chi connectivity index (χ0) is 24.4. The van der Waals surface area contributed by atoms with Gasteiger partial charge in [-0.2, -0.15) is 5.10 Å². The first-order valence-corrected chi connectivity index (χ1v) is 12.0. The minimum Gasteiger partial charge on any atom is -0.439 e. The SMILES string of the molecule is Cc1nn(-c2cccc(Cl)c2)c(Oc2ccccc2)c1CN(CC1CC1)C(=O)c1cccc(F)c1. The van der Waals surface area contributed by atoms with Gasteiger partial charge < -0.3 is 9.64 Å². The molecular formula is C28H25ClFN3O2. The predicted octanol–water partition coefficient (Wildman–Crippen LogP) is 6.82. The number of rotatable bonds is 8. The lowest BCUT2D eigenvalue weighted by atomic mass is 10.1. The van der Waals surface area contributed by atoms with Crippen LogP contribution in [-0.4, -0.2) is 27.1 Å². The summed E-state index contributed by atoms with van der Waals surface area (Å²) >= 11 is 6.26. The summed E-state index contributed by atoms with van der Waals surface area (Å²) < 4.78 is 21.9. The van der Waals surface area contributed by atoms with Gasteiger partial charge in [0.15, 0.2) is 0 Å². The second-order valence-electron chi connectivity index (χ2n) is 8.82. The average molecular weight is 490 g/mol. The lowest BCUT2D eigenvalue weighted by molar-refractivity contribution is 0.0733. The molecular weight excluding hydrogens is 465 g/mol. The highest BCUT2D eigenvalue weighted by Crippen LogP contribution is 2.35. The highest BCUT2D eigenvalue weighted by atomic mass is 35.5. The summed E-state index contributed by atoms with van der Waals surface area (Å²) in [6.07, 6.45) is 2.17. The van der Waals surface area contributed by atoms with Gasteiger partial charge in [0.2, 0.25) is 5.88 Å². The molecule has 5 nitrogen and oxygen atoms in total. The van der Waals surface area contributed by atoms with E-state index in [4.69, 9.17) is 21.4 Å². The van der Waals surface area contributed by atoms with E-state index < -0.39 is 5.82 Å². The third-order valence-electron chi connectivity index (χ3n) is 6.03. The third kappa shape index (κ3) is 5.38. The molecule has 5 rings (SSSR count). The number of benzene rings is 3. The molecule has 3 aromatic carbocycles. The molecule has 0 bridgehead atoms. The maximum atomic E-state index is 13.9. The van der Waals surface area contributed by atoms with Gasteiger partial charge in [0.25, 0.3) is 5.91 Å². The van der Waals surface area contributed by atoms with Crippen molar-refractivity contribution < 1.29 is 13.9 Å². The molecule has 0 spiro atoms. The summed E-state index contributed by atoms with van der Waals surface area (Å²) in [6.45, 7) is 2.79. The van der Waals surface area contributed by atoms with Gasteiger partial charge in [0.05, 0.1) is 23.5 Å². The number of para-hydroxylation sites is 1. The van der Waals surface area contributed by atoms with Crippen LogP contribution in [0.15, 0.2) is 78.9 Å². The lowest BCUT2D eigenvalue weighted by Gasteiger charge is -2.23. The Morgan fingerprint density at radius 1 is 1.09 bits per heavy atom. The number of hydrogen-bond acceptors (Lipinski definition) is 3. The first kappa shape index (κ1) is 23.1. The van der Waals surface area contributed by atoms with Crippen LogP contribution in [0.1, 0.15) is 34.5 Å². The van der Waals surface area contributed by atoms with E-state index in [1.54, 1.807) is 27.8 Å². The fourth-order valence-electron chi connectivity index (χ4n) is 4.03. The number of hydrogen-bond donors (Lipinski definition) is 0. The number of aryl methyl sites for hydroxylation is 1. The van der Waals surface area contributed by atoms with Crippen molar-refractivity contribution in [2.45, 2.75) is 26.3 Å². The van der Waals surface area contributed by atoms with E-state index in [0.29, 0.717) is 41.2 Å². The summed E-state index contributed by atoms with van der Waals surface area (Å²) in [7, 11) is 0. The summed E-state index contributed by atoms with van der Waals surface area (Å²) in [5.74, 6) is 0.984. The Labute approximate surface area is 208 Å². The van der Waals surface area contributed by atoms with Crippen molar-refractivity contribution in [3.05, 3.63) is 107 Å². The van der Waals surface area contributed by atoms with Crippen LogP contribution in [0.3, 0.4) is 0 Å². The molecule has 1 aromatic heterocycles. The smallest absolute Gasteiger partial charge is 0.254 e. The van der Waals surface area contributed by atoms with Crippen LogP contribution in [0.5, 0.6) is 11.6 Å². The fourth-order valence-corrected chi connectivity index (χ4v) is 4.22. The van der Waals surface area contributed by atoms with Gasteiger partial charge in [-0.1, -0.05) is 41.9 Å². The third-order valence-corrected chi connectivity index (χ3v) is 6.27. The van der Waals surface area contributed by atoms with Crippen molar-refractivity contribution in [3.63, 3.8) is 0 Å². The van der Waals surface area contributed by atoms with Crippen LogP contribution in [0.2, 0.25) is 5.02 Å². The molecule has 1 saturated carbocycles. The first-order chi connectivity index (χ1) is 17.0. The van der Waals surface area contributed by atoms with Gasteiger partial charge in [-0.15, -0.1) is 0 Å². The Kier molecular flexibility index (Phi) is 6.55. The summed E-state index contributed by atoms with van der Waals surface area (Å²) in [6, 6.07) is 22.7. The first-order valence-electron chi connectivity index (χ1n) is 11.6. The minimum atomic E-state index is -0.430. The molecule has 0 saturated heterocycles. The quantitative estimate of drug-likeness (QED) is 0.273. The summed E-state index contributed by atoms with van der Waals surface area (Å²) in [5, 5.41) is 5.33. The highest BCUT2D eigenvalue weighted by molar-refractivity contribution is 6.30. The van der Waals surface area contributed by atoms with E-state index in [0.717, 1.165) is 29.8 Å². The molecule has 0 N–H and O–H groups in total. The number of aromatic nitrogens is 2. The normalized spacial score (nSPS) is 13.0. The van der Waals surface area contributed by atoms with E-state index in [1.165, 1.54) is 12.1 Å². The van der Waals surface area contributed by atoms with Gasteiger partial charge in [-0.25, -0.2) is 9.07 Å². The molecule has 7 heteroatoms. The lowest BCUT2D eigenvalue weighted by Crippen LogP contribution is -2.32. The molecule has 4 aromatic rings. The molecule has 0 radical (unpaired) electrons. The zero-order valence-corrected chi connectivity index (χ0v) is 20.1. The topological polar surface area (TPSA) is 47.4 Å². The van der Waals surface area contributed by atoms with Gasteiger partial charge in [0.1, 0.15) is 11.6 Å². The van der Waals surface area contributed by atoms with Crippen LogP contribution in [0.25, 0.3) is 5.69 Å². The average Bonchev–Trinajstić information content (AvgIpc) is 3.63. The predicted molar refractivity (Wildman–Crippen MR) is 134 cm³/mol. The standard InChI is InChI=1S/C28H25ClFN3O2/c1-19-26(18-32(17-20-13-14-20)27(34)21-7-5-9-23(30)15-21)28(35-25-11-3-2-4-12-25)33(31-19)24-10-6-8-22(29)16-24/h2-12,15-16,20H,13-14,17-18H2,1H3. The maximum Gasteiger partial charge on any atom is 0.254 e. The molecule has 1 fully saturated rings. The highest BCUT2D eigenvalue weighted by Gasteiger charge is 2.30. The molecule has 178 valence electrons. The summed E-state index contributed by atoms with van der Waals surface area (Å²) in [5.41, 5.74) is 2.61. The molecule has 1 aliphatic rings. The Hall–Kier alpha value is -3.64. The molecule has 1 aliphatic carbocycles. The minimum absolute atomic E-state index is 0.211. The van der Waals surface area contributed by atoms with Gasteiger partial charge in [-0.3, -0.25) is 4.79 Å². The Balaban J connectivity index is 1.55. The van der Waals surface area contributed by atoms with E-state index in [-0.39, 0.29) is 5.91 Å². The molecule has 0 atom stereocenters. The zero-order valence-electron chi connectivity index (χ0n) is 19.3.